The van der Waals surface area contributed by atoms with Crippen LogP contribution in [0, 0.1) is 11.3 Å². The Morgan fingerprint density at radius 2 is 1.70 bits per heavy atom. The SMILES string of the molecule is C=CN.C=Cc1ccccc1-c1cc(C#N)cc(C(F)(F)F)c1. The molecule has 0 aliphatic heterocycles. The van der Waals surface area contributed by atoms with Crippen molar-refractivity contribution in [3.8, 4) is 17.2 Å². The minimum absolute atomic E-state index is 0.0197. The first-order valence-electron chi connectivity index (χ1n) is 6.54. The van der Waals surface area contributed by atoms with Gasteiger partial charge in [-0.05, 0) is 41.1 Å². The molecule has 0 amide bonds. The van der Waals surface area contributed by atoms with Gasteiger partial charge in [-0.25, -0.2) is 0 Å². The summed E-state index contributed by atoms with van der Waals surface area (Å²) in [6.07, 6.45) is -1.66. The second kappa shape index (κ2) is 7.85. The second-order valence-corrected chi connectivity index (χ2v) is 4.44. The lowest BCUT2D eigenvalue weighted by atomic mass is 9.96. The summed E-state index contributed by atoms with van der Waals surface area (Å²) in [5.74, 6) is 0. The van der Waals surface area contributed by atoms with Crippen LogP contribution in [0.25, 0.3) is 17.2 Å². The summed E-state index contributed by atoms with van der Waals surface area (Å²) in [5.41, 5.74) is 5.45. The van der Waals surface area contributed by atoms with E-state index in [-0.39, 0.29) is 5.56 Å². The molecule has 0 aromatic heterocycles. The molecule has 0 radical (unpaired) electrons. The summed E-state index contributed by atoms with van der Waals surface area (Å²) < 4.78 is 38.6. The summed E-state index contributed by atoms with van der Waals surface area (Å²) in [6.45, 7) is 6.78. The van der Waals surface area contributed by atoms with Crippen molar-refractivity contribution in [1.82, 2.24) is 0 Å². The van der Waals surface area contributed by atoms with E-state index < -0.39 is 11.7 Å². The number of benzene rings is 2. The van der Waals surface area contributed by atoms with Gasteiger partial charge in [-0.1, -0.05) is 43.5 Å². The highest BCUT2D eigenvalue weighted by molar-refractivity contribution is 5.76. The maximum absolute atomic E-state index is 12.9. The summed E-state index contributed by atoms with van der Waals surface area (Å²) >= 11 is 0. The zero-order valence-corrected chi connectivity index (χ0v) is 12.3. The largest absolute Gasteiger partial charge is 0.416 e. The van der Waals surface area contributed by atoms with Crippen LogP contribution in [0.3, 0.4) is 0 Å². The van der Waals surface area contributed by atoms with E-state index in [9.17, 15) is 13.2 Å². The quantitative estimate of drug-likeness (QED) is 0.850. The number of hydrogen-bond acceptors (Lipinski definition) is 2. The first-order valence-corrected chi connectivity index (χ1v) is 6.54. The molecule has 5 heteroatoms. The van der Waals surface area contributed by atoms with Crippen LogP contribution >= 0.6 is 0 Å². The van der Waals surface area contributed by atoms with Gasteiger partial charge in [-0.15, -0.1) is 0 Å². The monoisotopic (exact) mass is 316 g/mol. The molecule has 0 atom stereocenters. The molecule has 2 N–H and O–H groups in total. The number of rotatable bonds is 2. The molecule has 2 aromatic rings. The zero-order valence-electron chi connectivity index (χ0n) is 12.3. The van der Waals surface area contributed by atoms with Crippen molar-refractivity contribution >= 4 is 6.08 Å². The van der Waals surface area contributed by atoms with Gasteiger partial charge in [0.05, 0.1) is 17.2 Å². The molecule has 0 aliphatic rings. The van der Waals surface area contributed by atoms with Crippen LogP contribution in [-0.2, 0) is 6.18 Å². The first-order chi connectivity index (χ1) is 10.9. The van der Waals surface area contributed by atoms with Crippen LogP contribution in [-0.4, -0.2) is 0 Å². The molecule has 0 saturated heterocycles. The zero-order chi connectivity index (χ0) is 17.5. The van der Waals surface area contributed by atoms with Crippen molar-refractivity contribution in [2.75, 3.05) is 0 Å². The number of hydrogen-bond donors (Lipinski definition) is 1. The van der Waals surface area contributed by atoms with E-state index in [4.69, 9.17) is 5.26 Å². The Hall–Kier alpha value is -3.00. The standard InChI is InChI=1S/C16H10F3N.C2H5N/c1-2-12-5-3-4-6-15(12)13-7-11(10-20)8-14(9-13)16(17,18)19;1-2-3/h2-9H,1H2;2H,1,3H2. The van der Waals surface area contributed by atoms with Gasteiger partial charge in [-0.3, -0.25) is 0 Å². The van der Waals surface area contributed by atoms with Crippen molar-refractivity contribution in [3.05, 3.63) is 78.5 Å². The van der Waals surface area contributed by atoms with Gasteiger partial charge >= 0.3 is 6.18 Å². The molecule has 0 bridgehead atoms. The van der Waals surface area contributed by atoms with Crippen LogP contribution in [0.5, 0.6) is 0 Å². The topological polar surface area (TPSA) is 49.8 Å². The Labute approximate surface area is 133 Å². The lowest BCUT2D eigenvalue weighted by Gasteiger charge is -2.11. The molecular formula is C18H15F3N2. The molecule has 0 spiro atoms. The molecular weight excluding hydrogens is 301 g/mol. The Balaban J connectivity index is 0.000000816. The van der Waals surface area contributed by atoms with E-state index in [2.05, 4.69) is 18.9 Å². The third-order valence-corrected chi connectivity index (χ3v) is 2.88. The van der Waals surface area contributed by atoms with Crippen molar-refractivity contribution < 1.29 is 13.2 Å². The fraction of sp³-hybridized carbons (Fsp3) is 0.0556. The van der Waals surface area contributed by atoms with Gasteiger partial charge in [0.1, 0.15) is 0 Å². The van der Waals surface area contributed by atoms with Crippen LogP contribution in [0.1, 0.15) is 16.7 Å². The van der Waals surface area contributed by atoms with Crippen molar-refractivity contribution in [3.63, 3.8) is 0 Å². The molecule has 0 fully saturated rings. The Bertz CT molecular complexity index is 741. The molecule has 0 saturated carbocycles. The maximum atomic E-state index is 12.9. The summed E-state index contributed by atoms with van der Waals surface area (Å²) in [6, 6.07) is 12.1. The number of halogens is 3. The Morgan fingerprint density at radius 3 is 2.22 bits per heavy atom. The minimum atomic E-state index is -4.48. The molecule has 2 nitrogen and oxygen atoms in total. The maximum Gasteiger partial charge on any atom is 0.416 e. The van der Waals surface area contributed by atoms with E-state index >= 15 is 0 Å². The molecule has 2 aromatic carbocycles. The van der Waals surface area contributed by atoms with E-state index in [1.165, 1.54) is 12.3 Å². The smallest absolute Gasteiger partial charge is 0.405 e. The molecule has 0 heterocycles. The van der Waals surface area contributed by atoms with E-state index in [1.807, 2.05) is 0 Å². The molecule has 23 heavy (non-hydrogen) atoms. The molecule has 118 valence electrons. The predicted molar refractivity (Wildman–Crippen MR) is 86.1 cm³/mol. The van der Waals surface area contributed by atoms with Crippen LogP contribution in [0.15, 0.2) is 61.8 Å². The normalized spacial score (nSPS) is 10.0. The third kappa shape index (κ3) is 4.75. The van der Waals surface area contributed by atoms with Gasteiger partial charge in [0.2, 0.25) is 0 Å². The van der Waals surface area contributed by atoms with Crippen LogP contribution < -0.4 is 5.73 Å². The van der Waals surface area contributed by atoms with Crippen molar-refractivity contribution in [1.29, 1.82) is 5.26 Å². The summed E-state index contributed by atoms with van der Waals surface area (Å²) in [4.78, 5) is 0. The average Bonchev–Trinajstić information content (AvgIpc) is 2.54. The summed E-state index contributed by atoms with van der Waals surface area (Å²) in [7, 11) is 0. The summed E-state index contributed by atoms with van der Waals surface area (Å²) in [5, 5.41) is 8.89. The predicted octanol–water partition coefficient (Wildman–Crippen LogP) is 4.98. The van der Waals surface area contributed by atoms with Crippen LogP contribution in [0.4, 0.5) is 13.2 Å². The first kappa shape index (κ1) is 18.1. The molecule has 0 unspecified atom stereocenters. The van der Waals surface area contributed by atoms with E-state index in [0.717, 1.165) is 17.7 Å². The van der Waals surface area contributed by atoms with Gasteiger partial charge in [-0.2, -0.15) is 18.4 Å². The number of alkyl halides is 3. The Morgan fingerprint density at radius 1 is 1.09 bits per heavy atom. The van der Waals surface area contributed by atoms with E-state index in [1.54, 1.807) is 36.4 Å². The highest BCUT2D eigenvalue weighted by atomic mass is 19.4. The third-order valence-electron chi connectivity index (χ3n) is 2.88. The van der Waals surface area contributed by atoms with E-state index in [0.29, 0.717) is 11.1 Å². The number of nitrogens with zero attached hydrogens (tertiary/aromatic N) is 1. The van der Waals surface area contributed by atoms with Crippen molar-refractivity contribution in [2.24, 2.45) is 5.73 Å². The lowest BCUT2D eigenvalue weighted by Crippen LogP contribution is -2.05. The lowest BCUT2D eigenvalue weighted by molar-refractivity contribution is -0.137. The highest BCUT2D eigenvalue weighted by Gasteiger charge is 2.31. The van der Waals surface area contributed by atoms with Gasteiger partial charge in [0, 0.05) is 0 Å². The Kier molecular flexibility index (Phi) is 6.16. The van der Waals surface area contributed by atoms with Gasteiger partial charge in [0.25, 0.3) is 0 Å². The second-order valence-electron chi connectivity index (χ2n) is 4.44. The average molecular weight is 316 g/mol. The number of nitrogens with two attached hydrogens (primary N) is 1. The van der Waals surface area contributed by atoms with Crippen molar-refractivity contribution in [2.45, 2.75) is 6.18 Å². The van der Waals surface area contributed by atoms with Gasteiger partial charge in [0.15, 0.2) is 0 Å². The number of nitriles is 1. The van der Waals surface area contributed by atoms with Gasteiger partial charge < -0.3 is 5.73 Å². The van der Waals surface area contributed by atoms with Crippen LogP contribution in [0.2, 0.25) is 0 Å². The fourth-order valence-corrected chi connectivity index (χ4v) is 1.95. The fourth-order valence-electron chi connectivity index (χ4n) is 1.95. The minimum Gasteiger partial charge on any atom is -0.405 e. The molecule has 2 rings (SSSR count). The highest BCUT2D eigenvalue weighted by Crippen LogP contribution is 2.34. The molecule has 0 aliphatic carbocycles.